The van der Waals surface area contributed by atoms with Gasteiger partial charge in [-0.05, 0) is 87.3 Å². The molecule has 0 fully saturated rings. The maximum atomic E-state index is 2.39. The Bertz CT molecular complexity index is 2320. The van der Waals surface area contributed by atoms with Crippen LogP contribution in [0.2, 0.25) is 0 Å². The molecule has 196 valence electrons. The van der Waals surface area contributed by atoms with Gasteiger partial charge in [-0.25, -0.2) is 0 Å². The molecule has 1 aromatic heterocycles. The first kappa shape index (κ1) is 23.6. The van der Waals surface area contributed by atoms with E-state index in [1.807, 2.05) is 11.8 Å². The Morgan fingerprint density at radius 1 is 0.405 bits per heavy atom. The van der Waals surface area contributed by atoms with E-state index < -0.39 is 0 Å². The van der Waals surface area contributed by atoms with Gasteiger partial charge in [0.05, 0.1) is 11.0 Å². The third-order valence-corrected chi connectivity index (χ3v) is 9.71. The first-order valence-corrected chi connectivity index (χ1v) is 15.2. The van der Waals surface area contributed by atoms with Crippen molar-refractivity contribution in [1.29, 1.82) is 0 Å². The van der Waals surface area contributed by atoms with Crippen LogP contribution in [0.3, 0.4) is 0 Å². The van der Waals surface area contributed by atoms with Gasteiger partial charge in [0.15, 0.2) is 0 Å². The van der Waals surface area contributed by atoms with Crippen LogP contribution >= 0.6 is 11.8 Å². The summed E-state index contributed by atoms with van der Waals surface area (Å²) in [7, 11) is 0. The monoisotopic (exact) mass is 551 g/mol. The summed E-state index contributed by atoms with van der Waals surface area (Å²) in [5, 5.41) is 5.22. The Kier molecular flexibility index (Phi) is 5.20. The third-order valence-electron chi connectivity index (χ3n) is 8.57. The van der Waals surface area contributed by atoms with Crippen LogP contribution in [-0.2, 0) is 0 Å². The molecule has 0 saturated heterocycles. The minimum Gasteiger partial charge on any atom is -0.309 e. The summed E-state index contributed by atoms with van der Waals surface area (Å²) in [6, 6.07) is 55.5. The molecule has 0 spiro atoms. The van der Waals surface area contributed by atoms with E-state index in [0.29, 0.717) is 0 Å². The van der Waals surface area contributed by atoms with E-state index >= 15 is 0 Å². The molecule has 2 heteroatoms. The lowest BCUT2D eigenvalue weighted by molar-refractivity contribution is 1.18. The highest BCUT2D eigenvalue weighted by molar-refractivity contribution is 7.99. The zero-order valence-electron chi connectivity index (χ0n) is 22.8. The van der Waals surface area contributed by atoms with Crippen LogP contribution in [0.5, 0.6) is 0 Å². The number of aromatic nitrogens is 1. The topological polar surface area (TPSA) is 4.93 Å². The van der Waals surface area contributed by atoms with Crippen LogP contribution in [0.25, 0.3) is 71.6 Å². The Balaban J connectivity index is 1.18. The number of benzene rings is 7. The van der Waals surface area contributed by atoms with Gasteiger partial charge < -0.3 is 4.57 Å². The van der Waals surface area contributed by atoms with E-state index in [9.17, 15) is 0 Å². The van der Waals surface area contributed by atoms with E-state index in [4.69, 9.17) is 0 Å². The summed E-state index contributed by atoms with van der Waals surface area (Å²) in [4.78, 5) is 2.66. The first-order chi connectivity index (χ1) is 20.8. The van der Waals surface area contributed by atoms with Crippen molar-refractivity contribution in [2.45, 2.75) is 9.79 Å². The molecule has 0 bridgehead atoms. The van der Waals surface area contributed by atoms with E-state index in [-0.39, 0.29) is 0 Å². The number of fused-ring (bicyclic) bond motifs is 5. The van der Waals surface area contributed by atoms with Gasteiger partial charge in [0.2, 0.25) is 0 Å². The maximum absolute atomic E-state index is 2.39. The average molecular weight is 552 g/mol. The molecule has 1 nitrogen and oxygen atoms in total. The van der Waals surface area contributed by atoms with Gasteiger partial charge in [-0.3, -0.25) is 0 Å². The molecule has 8 aromatic rings. The summed E-state index contributed by atoms with van der Waals surface area (Å²) in [6.07, 6.45) is 0. The summed E-state index contributed by atoms with van der Waals surface area (Å²) in [6.45, 7) is 0. The lowest BCUT2D eigenvalue weighted by atomic mass is 9.93. The van der Waals surface area contributed by atoms with Crippen LogP contribution < -0.4 is 0 Å². The van der Waals surface area contributed by atoms with E-state index in [1.54, 1.807) is 0 Å². The van der Waals surface area contributed by atoms with Crippen molar-refractivity contribution in [1.82, 2.24) is 4.57 Å². The molecule has 7 aromatic carbocycles. The van der Waals surface area contributed by atoms with E-state index in [1.165, 1.54) is 81.4 Å². The van der Waals surface area contributed by atoms with Gasteiger partial charge in [0, 0.05) is 31.6 Å². The van der Waals surface area contributed by atoms with Gasteiger partial charge in [-0.15, -0.1) is 0 Å². The second kappa shape index (κ2) is 9.24. The Labute approximate surface area is 248 Å². The molecule has 2 heterocycles. The second-order valence-electron chi connectivity index (χ2n) is 11.0. The van der Waals surface area contributed by atoms with Crippen molar-refractivity contribution in [2.75, 3.05) is 0 Å². The highest BCUT2D eigenvalue weighted by atomic mass is 32.2. The average Bonchev–Trinajstić information content (AvgIpc) is 3.39. The predicted octanol–water partition coefficient (Wildman–Crippen LogP) is 11.4. The predicted molar refractivity (Wildman–Crippen MR) is 179 cm³/mol. The van der Waals surface area contributed by atoms with Gasteiger partial charge in [0.25, 0.3) is 0 Å². The summed E-state index contributed by atoms with van der Waals surface area (Å²) in [5.74, 6) is 0. The molecule has 0 saturated carbocycles. The van der Waals surface area contributed by atoms with Gasteiger partial charge in [-0.1, -0.05) is 115 Å². The third kappa shape index (κ3) is 3.59. The molecular formula is C40H25NS. The fourth-order valence-corrected chi connectivity index (χ4v) is 7.76. The normalized spacial score (nSPS) is 12.2. The zero-order chi connectivity index (χ0) is 27.6. The van der Waals surface area contributed by atoms with Crippen LogP contribution in [0.1, 0.15) is 0 Å². The van der Waals surface area contributed by atoms with E-state index in [2.05, 4.69) is 156 Å². The second-order valence-corrected chi connectivity index (χ2v) is 12.1. The lowest BCUT2D eigenvalue weighted by Gasteiger charge is -2.21. The quantitative estimate of drug-likeness (QED) is 0.211. The first-order valence-electron chi connectivity index (χ1n) is 14.4. The Morgan fingerprint density at radius 2 is 1.10 bits per heavy atom. The highest BCUT2D eigenvalue weighted by Crippen LogP contribution is 2.48. The lowest BCUT2D eigenvalue weighted by Crippen LogP contribution is -1.94. The summed E-state index contributed by atoms with van der Waals surface area (Å²) in [5.41, 5.74) is 11.2. The van der Waals surface area contributed by atoms with Crippen molar-refractivity contribution in [3.63, 3.8) is 0 Å². The fourth-order valence-electron chi connectivity index (χ4n) is 6.63. The minimum absolute atomic E-state index is 1.18. The van der Waals surface area contributed by atoms with E-state index in [0.717, 1.165) is 0 Å². The largest absolute Gasteiger partial charge is 0.309 e. The van der Waals surface area contributed by atoms with Crippen LogP contribution in [0, 0.1) is 0 Å². The van der Waals surface area contributed by atoms with Crippen LogP contribution in [0.15, 0.2) is 161 Å². The number of nitrogens with zero attached hydrogens (tertiary/aromatic N) is 1. The van der Waals surface area contributed by atoms with Crippen molar-refractivity contribution in [3.8, 4) is 39.1 Å². The summed E-state index contributed by atoms with van der Waals surface area (Å²) >= 11 is 1.88. The minimum atomic E-state index is 1.18. The van der Waals surface area contributed by atoms with Gasteiger partial charge in [0.1, 0.15) is 0 Å². The SMILES string of the molecule is c1ccc(-n2c3ccccc3c3ccc(-c4cccc(-c5ccc6c(c5)-c5cccc7cccc(c57)S6)c4)cc32)cc1. The van der Waals surface area contributed by atoms with Gasteiger partial charge in [-0.2, -0.15) is 0 Å². The zero-order valence-corrected chi connectivity index (χ0v) is 23.6. The Morgan fingerprint density at radius 3 is 1.98 bits per heavy atom. The van der Waals surface area contributed by atoms with Gasteiger partial charge >= 0.3 is 0 Å². The molecule has 0 aliphatic carbocycles. The van der Waals surface area contributed by atoms with Crippen molar-refractivity contribution in [3.05, 3.63) is 152 Å². The van der Waals surface area contributed by atoms with Crippen LogP contribution in [-0.4, -0.2) is 4.57 Å². The summed E-state index contributed by atoms with van der Waals surface area (Å²) < 4.78 is 2.39. The molecule has 1 aliphatic heterocycles. The molecule has 0 atom stereocenters. The molecular weight excluding hydrogens is 527 g/mol. The Hall–Kier alpha value is -5.05. The number of rotatable bonds is 3. The molecule has 1 aliphatic rings. The number of para-hydroxylation sites is 2. The standard InChI is InChI=1S/C40H25NS/c1-2-13-31(14-3-1)41-36-17-5-4-15-32(36)33-21-19-30(25-37(33)41)28-12-6-11-27(23-28)29-20-22-38-35(24-29)34-16-7-9-26-10-8-18-39(42-38)40(26)34/h1-25H. The molecule has 0 unspecified atom stereocenters. The maximum Gasteiger partial charge on any atom is 0.0547 e. The smallest absolute Gasteiger partial charge is 0.0547 e. The number of hydrogen-bond acceptors (Lipinski definition) is 1. The molecule has 0 amide bonds. The molecule has 42 heavy (non-hydrogen) atoms. The fraction of sp³-hybridized carbons (Fsp3) is 0. The molecule has 0 radical (unpaired) electrons. The van der Waals surface area contributed by atoms with Crippen molar-refractivity contribution >= 4 is 44.3 Å². The number of hydrogen-bond donors (Lipinski definition) is 0. The molecule has 0 N–H and O–H groups in total. The molecule has 9 rings (SSSR count). The van der Waals surface area contributed by atoms with Crippen molar-refractivity contribution in [2.24, 2.45) is 0 Å². The van der Waals surface area contributed by atoms with Crippen LogP contribution in [0.4, 0.5) is 0 Å². The highest BCUT2D eigenvalue weighted by Gasteiger charge is 2.19. The van der Waals surface area contributed by atoms with Crippen molar-refractivity contribution < 1.29 is 0 Å².